The molecule has 0 amide bonds. The monoisotopic (exact) mass is 263 g/mol. The summed E-state index contributed by atoms with van der Waals surface area (Å²) in [6.45, 7) is 6.81. The van der Waals surface area contributed by atoms with Gasteiger partial charge < -0.3 is 5.32 Å². The predicted molar refractivity (Wildman–Crippen MR) is 75.7 cm³/mol. The van der Waals surface area contributed by atoms with E-state index in [4.69, 9.17) is 0 Å². The minimum atomic E-state index is -0.136. The summed E-state index contributed by atoms with van der Waals surface area (Å²) in [4.78, 5) is 0. The van der Waals surface area contributed by atoms with Crippen molar-refractivity contribution in [3.05, 3.63) is 57.0 Å². The van der Waals surface area contributed by atoms with E-state index in [-0.39, 0.29) is 11.9 Å². The lowest BCUT2D eigenvalue weighted by Crippen LogP contribution is -2.22. The van der Waals surface area contributed by atoms with E-state index in [1.54, 1.807) is 24.3 Å². The van der Waals surface area contributed by atoms with Gasteiger partial charge >= 0.3 is 0 Å². The molecule has 0 aliphatic carbocycles. The average molecular weight is 263 g/mol. The van der Waals surface area contributed by atoms with E-state index in [0.29, 0.717) is 5.56 Å². The van der Waals surface area contributed by atoms with Gasteiger partial charge in [-0.3, -0.25) is 0 Å². The summed E-state index contributed by atoms with van der Waals surface area (Å²) < 4.78 is 13.7. The normalized spacial score (nSPS) is 12.7. The molecule has 1 nitrogen and oxygen atoms in total. The molecule has 0 bridgehead atoms. The molecule has 1 unspecified atom stereocenters. The molecule has 1 heterocycles. The van der Waals surface area contributed by atoms with Gasteiger partial charge in [0.05, 0.1) is 6.04 Å². The van der Waals surface area contributed by atoms with Gasteiger partial charge in [0.2, 0.25) is 0 Å². The topological polar surface area (TPSA) is 12.0 Å². The Bertz CT molecular complexity index is 533. The molecule has 0 radical (unpaired) electrons. The van der Waals surface area contributed by atoms with Crippen LogP contribution in [-0.2, 0) is 0 Å². The molecule has 0 fully saturated rings. The third-order valence-electron chi connectivity index (χ3n) is 3.14. The smallest absolute Gasteiger partial charge is 0.126 e. The van der Waals surface area contributed by atoms with Gasteiger partial charge in [0.15, 0.2) is 0 Å². The summed E-state index contributed by atoms with van der Waals surface area (Å²) in [5.74, 6) is -0.136. The van der Waals surface area contributed by atoms with Gasteiger partial charge in [-0.1, -0.05) is 19.1 Å². The van der Waals surface area contributed by atoms with E-state index in [1.807, 2.05) is 12.1 Å². The highest BCUT2D eigenvalue weighted by atomic mass is 32.1. The molecule has 1 atom stereocenters. The zero-order chi connectivity index (χ0) is 13.1. The largest absolute Gasteiger partial charge is 0.306 e. The fraction of sp³-hybridized carbons (Fsp3) is 0.333. The fourth-order valence-corrected chi connectivity index (χ4v) is 2.94. The van der Waals surface area contributed by atoms with Gasteiger partial charge in [0, 0.05) is 0 Å². The van der Waals surface area contributed by atoms with Crippen LogP contribution in [0.4, 0.5) is 4.39 Å². The second-order valence-electron chi connectivity index (χ2n) is 4.51. The number of nitrogens with one attached hydrogen (secondary N) is 1. The Morgan fingerprint density at radius 2 is 2.00 bits per heavy atom. The molecule has 1 N–H and O–H groups in total. The van der Waals surface area contributed by atoms with E-state index >= 15 is 0 Å². The third kappa shape index (κ3) is 2.62. The van der Waals surface area contributed by atoms with Gasteiger partial charge in [-0.25, -0.2) is 4.39 Å². The summed E-state index contributed by atoms with van der Waals surface area (Å²) in [5, 5.41) is 7.70. The fourth-order valence-electron chi connectivity index (χ4n) is 2.07. The molecule has 0 spiro atoms. The van der Waals surface area contributed by atoms with Crippen molar-refractivity contribution in [1.29, 1.82) is 0 Å². The first-order chi connectivity index (χ1) is 8.63. The SMILES string of the molecule is CCNC(c1ccc(C)c(F)c1)c1cscc1C. The van der Waals surface area contributed by atoms with Crippen LogP contribution in [0, 0.1) is 19.7 Å². The van der Waals surface area contributed by atoms with E-state index in [0.717, 1.165) is 12.1 Å². The van der Waals surface area contributed by atoms with Crippen LogP contribution in [0.25, 0.3) is 0 Å². The molecular formula is C15H18FNS. The summed E-state index contributed by atoms with van der Waals surface area (Å²) in [6, 6.07) is 5.57. The highest BCUT2D eigenvalue weighted by Gasteiger charge is 2.16. The first-order valence-electron chi connectivity index (χ1n) is 6.15. The molecule has 0 saturated heterocycles. The van der Waals surface area contributed by atoms with Crippen LogP contribution in [0.5, 0.6) is 0 Å². The zero-order valence-corrected chi connectivity index (χ0v) is 11.8. The Balaban J connectivity index is 2.41. The van der Waals surface area contributed by atoms with E-state index in [1.165, 1.54) is 11.1 Å². The van der Waals surface area contributed by atoms with Gasteiger partial charge in [-0.05, 0) is 59.5 Å². The van der Waals surface area contributed by atoms with E-state index in [9.17, 15) is 4.39 Å². The molecule has 18 heavy (non-hydrogen) atoms. The summed E-state index contributed by atoms with van der Waals surface area (Å²) in [6.07, 6.45) is 0. The highest BCUT2D eigenvalue weighted by Crippen LogP contribution is 2.28. The Kier molecular flexibility index (Phi) is 4.15. The number of rotatable bonds is 4. The maximum atomic E-state index is 13.7. The van der Waals surface area contributed by atoms with Crippen molar-refractivity contribution in [1.82, 2.24) is 5.32 Å². The quantitative estimate of drug-likeness (QED) is 0.871. The van der Waals surface area contributed by atoms with Crippen LogP contribution >= 0.6 is 11.3 Å². The van der Waals surface area contributed by atoms with Gasteiger partial charge in [0.25, 0.3) is 0 Å². The first-order valence-corrected chi connectivity index (χ1v) is 7.10. The molecule has 2 aromatic rings. The molecule has 96 valence electrons. The molecule has 1 aromatic carbocycles. The maximum Gasteiger partial charge on any atom is 0.126 e. The number of aryl methyl sites for hydroxylation is 2. The van der Waals surface area contributed by atoms with Gasteiger partial charge in [-0.2, -0.15) is 11.3 Å². The number of hydrogen-bond donors (Lipinski definition) is 1. The Morgan fingerprint density at radius 1 is 1.22 bits per heavy atom. The zero-order valence-electron chi connectivity index (χ0n) is 11.0. The number of halogens is 1. The standard InChI is InChI=1S/C15H18FNS/c1-4-17-15(13-9-18-8-11(13)3)12-6-5-10(2)14(16)7-12/h5-9,15,17H,4H2,1-3H3. The molecule has 0 aliphatic rings. The lowest BCUT2D eigenvalue weighted by atomic mass is 9.97. The van der Waals surface area contributed by atoms with Crippen molar-refractivity contribution in [2.45, 2.75) is 26.8 Å². The van der Waals surface area contributed by atoms with Crippen molar-refractivity contribution in [2.75, 3.05) is 6.54 Å². The molecule has 3 heteroatoms. The molecule has 1 aromatic heterocycles. The lowest BCUT2D eigenvalue weighted by Gasteiger charge is -2.19. The molecule has 0 saturated carbocycles. The minimum absolute atomic E-state index is 0.0800. The predicted octanol–water partition coefficient (Wildman–Crippen LogP) is 4.20. The van der Waals surface area contributed by atoms with E-state index in [2.05, 4.69) is 29.9 Å². The van der Waals surface area contributed by atoms with E-state index < -0.39 is 0 Å². The number of benzene rings is 1. The second kappa shape index (κ2) is 5.63. The average Bonchev–Trinajstić information content (AvgIpc) is 2.76. The Labute approximate surface area is 112 Å². The van der Waals surface area contributed by atoms with Crippen molar-refractivity contribution in [3.63, 3.8) is 0 Å². The van der Waals surface area contributed by atoms with Crippen LogP contribution in [-0.4, -0.2) is 6.54 Å². The van der Waals surface area contributed by atoms with Crippen LogP contribution < -0.4 is 5.32 Å². The van der Waals surface area contributed by atoms with Crippen molar-refractivity contribution in [2.24, 2.45) is 0 Å². The highest BCUT2D eigenvalue weighted by molar-refractivity contribution is 7.08. The second-order valence-corrected chi connectivity index (χ2v) is 5.25. The maximum absolute atomic E-state index is 13.7. The van der Waals surface area contributed by atoms with Crippen LogP contribution in [0.2, 0.25) is 0 Å². The van der Waals surface area contributed by atoms with Crippen LogP contribution in [0.1, 0.15) is 35.2 Å². The van der Waals surface area contributed by atoms with Crippen molar-refractivity contribution < 1.29 is 4.39 Å². The third-order valence-corrected chi connectivity index (χ3v) is 4.02. The molecular weight excluding hydrogens is 245 g/mol. The molecule has 2 rings (SSSR count). The van der Waals surface area contributed by atoms with Crippen LogP contribution in [0.15, 0.2) is 29.0 Å². The summed E-state index contributed by atoms with van der Waals surface area (Å²) in [7, 11) is 0. The molecule has 0 aliphatic heterocycles. The van der Waals surface area contributed by atoms with Gasteiger partial charge in [-0.15, -0.1) is 0 Å². The first kappa shape index (κ1) is 13.2. The Hall–Kier alpha value is -1.19. The van der Waals surface area contributed by atoms with Crippen molar-refractivity contribution in [3.8, 4) is 0 Å². The number of hydrogen-bond acceptors (Lipinski definition) is 2. The summed E-state index contributed by atoms with van der Waals surface area (Å²) in [5.41, 5.74) is 4.18. The van der Waals surface area contributed by atoms with Gasteiger partial charge in [0.1, 0.15) is 5.82 Å². The number of thiophene rings is 1. The Morgan fingerprint density at radius 3 is 2.56 bits per heavy atom. The summed E-state index contributed by atoms with van der Waals surface area (Å²) >= 11 is 1.69. The van der Waals surface area contributed by atoms with Crippen LogP contribution in [0.3, 0.4) is 0 Å². The lowest BCUT2D eigenvalue weighted by molar-refractivity contribution is 0.597. The minimum Gasteiger partial charge on any atom is -0.306 e. The van der Waals surface area contributed by atoms with Crippen molar-refractivity contribution >= 4 is 11.3 Å².